The van der Waals surface area contributed by atoms with Crippen LogP contribution in [0, 0.1) is 6.92 Å². The number of carbonyl (C=O) groups excluding carboxylic acids is 1. The van der Waals surface area contributed by atoms with Gasteiger partial charge in [-0.1, -0.05) is 22.8 Å². The van der Waals surface area contributed by atoms with Crippen molar-refractivity contribution in [1.82, 2.24) is 15.0 Å². The second kappa shape index (κ2) is 7.67. The van der Waals surface area contributed by atoms with Crippen LogP contribution in [0.3, 0.4) is 0 Å². The third-order valence-electron chi connectivity index (χ3n) is 4.29. The van der Waals surface area contributed by atoms with Crippen LogP contribution in [0.4, 0.5) is 10.5 Å². The number of rotatable bonds is 3. The molecule has 140 valence electrons. The van der Waals surface area contributed by atoms with Crippen LogP contribution < -0.4 is 5.32 Å². The molecule has 1 fully saturated rings. The number of hydrogen-bond acceptors (Lipinski definition) is 6. The van der Waals surface area contributed by atoms with Gasteiger partial charge < -0.3 is 19.5 Å². The van der Waals surface area contributed by atoms with E-state index in [0.717, 1.165) is 10.4 Å². The highest BCUT2D eigenvalue weighted by Gasteiger charge is 2.33. The fourth-order valence-electron chi connectivity index (χ4n) is 2.88. The van der Waals surface area contributed by atoms with Crippen molar-refractivity contribution in [3.8, 4) is 10.7 Å². The molecular formula is C18H17ClN4O3S. The zero-order valence-corrected chi connectivity index (χ0v) is 16.1. The molecule has 9 heteroatoms. The van der Waals surface area contributed by atoms with Crippen molar-refractivity contribution in [3.05, 3.63) is 52.2 Å². The Kier molecular flexibility index (Phi) is 5.11. The molecule has 1 aromatic carbocycles. The predicted octanol–water partition coefficient (Wildman–Crippen LogP) is 4.37. The van der Waals surface area contributed by atoms with Gasteiger partial charge in [-0.05, 0) is 42.1 Å². The van der Waals surface area contributed by atoms with Crippen molar-refractivity contribution in [2.75, 3.05) is 25.1 Å². The minimum Gasteiger partial charge on any atom is -0.377 e. The number of carbonyl (C=O) groups is 1. The molecule has 7 nitrogen and oxygen atoms in total. The standard InChI is InChI=1S/C18H17ClN4O3S/c1-11-9-12(19)4-5-13(11)20-18(24)23-6-7-25-10-14(23)17-21-16(22-26-17)15-3-2-8-27-15/h2-5,8-9,14H,6-7,10H2,1H3,(H,20,24)/t14-/m1/s1. The van der Waals surface area contributed by atoms with Crippen molar-refractivity contribution in [2.45, 2.75) is 13.0 Å². The molecule has 1 atom stereocenters. The number of benzene rings is 1. The number of aryl methyl sites for hydroxylation is 1. The maximum atomic E-state index is 12.9. The second-order valence-corrected chi connectivity index (χ2v) is 7.49. The van der Waals surface area contributed by atoms with Crippen molar-refractivity contribution in [3.63, 3.8) is 0 Å². The molecule has 27 heavy (non-hydrogen) atoms. The lowest BCUT2D eigenvalue weighted by atomic mass is 10.2. The monoisotopic (exact) mass is 404 g/mol. The molecule has 0 unspecified atom stereocenters. The molecule has 1 aliphatic heterocycles. The Morgan fingerprint density at radius 3 is 3.07 bits per heavy atom. The number of nitrogens with zero attached hydrogens (tertiary/aromatic N) is 3. The van der Waals surface area contributed by atoms with Gasteiger partial charge in [-0.15, -0.1) is 11.3 Å². The summed E-state index contributed by atoms with van der Waals surface area (Å²) in [5.41, 5.74) is 1.60. The Morgan fingerprint density at radius 2 is 2.30 bits per heavy atom. The van der Waals surface area contributed by atoms with Crippen LogP contribution in [0.5, 0.6) is 0 Å². The topological polar surface area (TPSA) is 80.5 Å². The first-order valence-electron chi connectivity index (χ1n) is 8.41. The van der Waals surface area contributed by atoms with Gasteiger partial charge in [-0.3, -0.25) is 0 Å². The molecule has 0 radical (unpaired) electrons. The number of morpholine rings is 1. The first kappa shape index (κ1) is 18.0. The summed E-state index contributed by atoms with van der Waals surface area (Å²) >= 11 is 7.51. The summed E-state index contributed by atoms with van der Waals surface area (Å²) in [6.45, 7) is 3.08. The van der Waals surface area contributed by atoms with Gasteiger partial charge in [0, 0.05) is 17.3 Å². The lowest BCUT2D eigenvalue weighted by molar-refractivity contribution is 0.00348. The Balaban J connectivity index is 1.54. The number of urea groups is 1. The largest absolute Gasteiger partial charge is 0.377 e. The fraction of sp³-hybridized carbons (Fsp3) is 0.278. The van der Waals surface area contributed by atoms with E-state index >= 15 is 0 Å². The molecule has 2 amide bonds. The number of ether oxygens (including phenoxy) is 1. The van der Waals surface area contributed by atoms with E-state index in [1.165, 1.54) is 11.3 Å². The van der Waals surface area contributed by atoms with E-state index in [1.54, 1.807) is 23.1 Å². The van der Waals surface area contributed by atoms with Crippen LogP contribution >= 0.6 is 22.9 Å². The Bertz CT molecular complexity index is 944. The van der Waals surface area contributed by atoms with Gasteiger partial charge in [0.25, 0.3) is 5.89 Å². The van der Waals surface area contributed by atoms with Crippen molar-refractivity contribution in [2.24, 2.45) is 0 Å². The van der Waals surface area contributed by atoms with Gasteiger partial charge in [0.2, 0.25) is 5.82 Å². The van der Waals surface area contributed by atoms with Gasteiger partial charge in [0.05, 0.1) is 18.1 Å². The van der Waals surface area contributed by atoms with Crippen LogP contribution in [0.2, 0.25) is 5.02 Å². The summed E-state index contributed by atoms with van der Waals surface area (Å²) in [7, 11) is 0. The molecule has 0 bridgehead atoms. The lowest BCUT2D eigenvalue weighted by Gasteiger charge is -2.33. The SMILES string of the molecule is Cc1cc(Cl)ccc1NC(=O)N1CCOC[C@@H]1c1nc(-c2cccs2)no1. The number of hydrogen-bond donors (Lipinski definition) is 1. The molecular weight excluding hydrogens is 388 g/mol. The third-order valence-corrected chi connectivity index (χ3v) is 5.39. The number of anilines is 1. The number of amides is 2. The zero-order chi connectivity index (χ0) is 18.8. The summed E-state index contributed by atoms with van der Waals surface area (Å²) in [5.74, 6) is 0.876. The van der Waals surface area contributed by atoms with Crippen LogP contribution in [0.25, 0.3) is 10.7 Å². The predicted molar refractivity (Wildman–Crippen MR) is 103 cm³/mol. The molecule has 1 aliphatic rings. The third kappa shape index (κ3) is 3.83. The highest BCUT2D eigenvalue weighted by molar-refractivity contribution is 7.13. The first-order valence-corrected chi connectivity index (χ1v) is 9.66. The molecule has 1 N–H and O–H groups in total. The molecule has 0 saturated carbocycles. The zero-order valence-electron chi connectivity index (χ0n) is 14.5. The van der Waals surface area contributed by atoms with E-state index in [4.69, 9.17) is 20.9 Å². The van der Waals surface area contributed by atoms with E-state index in [9.17, 15) is 4.79 Å². The van der Waals surface area contributed by atoms with E-state index in [0.29, 0.717) is 42.2 Å². The van der Waals surface area contributed by atoms with Gasteiger partial charge in [-0.25, -0.2) is 4.79 Å². The summed E-state index contributed by atoms with van der Waals surface area (Å²) in [6.07, 6.45) is 0. The molecule has 2 aromatic heterocycles. The van der Waals surface area contributed by atoms with Crippen LogP contribution in [-0.2, 0) is 4.74 Å². The smallest absolute Gasteiger partial charge is 0.322 e. The average molecular weight is 405 g/mol. The summed E-state index contributed by atoms with van der Waals surface area (Å²) in [6, 6.07) is 8.49. The summed E-state index contributed by atoms with van der Waals surface area (Å²) in [5, 5.41) is 9.53. The molecule has 3 heterocycles. The lowest BCUT2D eigenvalue weighted by Crippen LogP contribution is -2.45. The van der Waals surface area contributed by atoms with Gasteiger partial charge in [0.1, 0.15) is 6.04 Å². The van der Waals surface area contributed by atoms with E-state index in [1.807, 2.05) is 24.4 Å². The number of nitrogens with one attached hydrogen (secondary N) is 1. The van der Waals surface area contributed by atoms with Crippen molar-refractivity contribution >= 4 is 34.7 Å². The van der Waals surface area contributed by atoms with E-state index in [2.05, 4.69) is 15.5 Å². The van der Waals surface area contributed by atoms with E-state index < -0.39 is 6.04 Å². The summed E-state index contributed by atoms with van der Waals surface area (Å²) < 4.78 is 11.0. The number of thiophene rings is 1. The van der Waals surface area contributed by atoms with E-state index in [-0.39, 0.29) is 6.03 Å². The van der Waals surface area contributed by atoms with Gasteiger partial charge >= 0.3 is 6.03 Å². The number of halogens is 1. The van der Waals surface area contributed by atoms with Crippen LogP contribution in [0.15, 0.2) is 40.2 Å². The highest BCUT2D eigenvalue weighted by Crippen LogP contribution is 2.28. The number of aromatic nitrogens is 2. The Morgan fingerprint density at radius 1 is 1.41 bits per heavy atom. The fourth-order valence-corrected chi connectivity index (χ4v) is 3.76. The summed E-state index contributed by atoms with van der Waals surface area (Å²) in [4.78, 5) is 19.9. The molecule has 4 rings (SSSR count). The first-order chi connectivity index (χ1) is 13.1. The maximum Gasteiger partial charge on any atom is 0.322 e. The molecule has 1 saturated heterocycles. The minimum atomic E-state index is -0.437. The maximum absolute atomic E-state index is 12.9. The van der Waals surface area contributed by atoms with Crippen LogP contribution in [-0.4, -0.2) is 40.8 Å². The van der Waals surface area contributed by atoms with Gasteiger partial charge in [-0.2, -0.15) is 4.98 Å². The quantitative estimate of drug-likeness (QED) is 0.701. The molecule has 0 spiro atoms. The molecule has 3 aromatic rings. The van der Waals surface area contributed by atoms with Gasteiger partial charge in [0.15, 0.2) is 0 Å². The minimum absolute atomic E-state index is 0.246. The average Bonchev–Trinajstić information content (AvgIpc) is 3.35. The van der Waals surface area contributed by atoms with Crippen molar-refractivity contribution < 1.29 is 14.1 Å². The second-order valence-electron chi connectivity index (χ2n) is 6.11. The molecule has 0 aliphatic carbocycles. The normalized spacial score (nSPS) is 17.1. The van der Waals surface area contributed by atoms with Crippen LogP contribution in [0.1, 0.15) is 17.5 Å². The highest BCUT2D eigenvalue weighted by atomic mass is 35.5. The van der Waals surface area contributed by atoms with Crippen molar-refractivity contribution in [1.29, 1.82) is 0 Å². The Hall–Kier alpha value is -2.42. The Labute approximate surface area is 164 Å².